The molecule has 0 aliphatic carbocycles. The minimum absolute atomic E-state index is 0.0794. The molecule has 0 aliphatic rings. The molecule has 0 aliphatic heterocycles. The van der Waals surface area contributed by atoms with Crippen LogP contribution < -0.4 is 10.6 Å². The number of aryl methyl sites for hydroxylation is 1. The number of aromatic nitrogens is 2. The Morgan fingerprint density at radius 1 is 1.27 bits per heavy atom. The van der Waals surface area contributed by atoms with Crippen molar-refractivity contribution in [3.63, 3.8) is 0 Å². The Morgan fingerprint density at radius 2 is 2.00 bits per heavy atom. The van der Waals surface area contributed by atoms with Crippen LogP contribution in [-0.2, 0) is 4.79 Å². The lowest BCUT2D eigenvalue weighted by molar-refractivity contribution is -0.114. The second-order valence-corrected chi connectivity index (χ2v) is 5.72. The second kappa shape index (κ2) is 6.60. The molecule has 22 heavy (non-hydrogen) atoms. The van der Waals surface area contributed by atoms with Gasteiger partial charge in [-0.25, -0.2) is 0 Å². The van der Waals surface area contributed by atoms with Crippen molar-refractivity contribution in [2.75, 3.05) is 10.6 Å². The lowest BCUT2D eigenvalue weighted by atomic mass is 10.1. The van der Waals surface area contributed by atoms with E-state index >= 15 is 0 Å². The number of carbonyl (C=O) groups excluding carboxylic acids is 1. The van der Waals surface area contributed by atoms with Crippen molar-refractivity contribution in [1.82, 2.24) is 10.1 Å². The molecular weight excluding hydrogens is 280 g/mol. The molecule has 0 saturated carbocycles. The van der Waals surface area contributed by atoms with E-state index in [1.165, 1.54) is 6.92 Å². The van der Waals surface area contributed by atoms with Gasteiger partial charge in [0.05, 0.1) is 0 Å². The van der Waals surface area contributed by atoms with Gasteiger partial charge < -0.3 is 15.2 Å². The summed E-state index contributed by atoms with van der Waals surface area (Å²) in [6, 6.07) is 5.67. The molecule has 2 N–H and O–H groups in total. The van der Waals surface area contributed by atoms with Crippen LogP contribution in [0.4, 0.5) is 11.4 Å². The van der Waals surface area contributed by atoms with Crippen LogP contribution in [0.5, 0.6) is 0 Å². The van der Waals surface area contributed by atoms with Crippen molar-refractivity contribution in [2.45, 2.75) is 46.6 Å². The third-order valence-electron chi connectivity index (χ3n) is 3.26. The van der Waals surface area contributed by atoms with E-state index in [2.05, 4.69) is 20.8 Å². The Morgan fingerprint density at radius 3 is 2.55 bits per heavy atom. The molecule has 1 aromatic heterocycles. The summed E-state index contributed by atoms with van der Waals surface area (Å²) in [4.78, 5) is 15.5. The molecule has 1 amide bonds. The summed E-state index contributed by atoms with van der Waals surface area (Å²) in [6.07, 6.45) is 0. The highest BCUT2D eigenvalue weighted by Gasteiger charge is 2.16. The van der Waals surface area contributed by atoms with Crippen molar-refractivity contribution in [3.05, 3.63) is 35.5 Å². The molecule has 0 spiro atoms. The van der Waals surface area contributed by atoms with Crippen molar-refractivity contribution >= 4 is 17.3 Å². The van der Waals surface area contributed by atoms with Gasteiger partial charge in [-0.2, -0.15) is 4.98 Å². The van der Waals surface area contributed by atoms with Crippen molar-refractivity contribution in [2.24, 2.45) is 0 Å². The lowest BCUT2D eigenvalue weighted by Gasteiger charge is -2.13. The molecule has 1 atom stereocenters. The summed E-state index contributed by atoms with van der Waals surface area (Å²) in [5.41, 5.74) is 2.73. The Hall–Kier alpha value is -2.37. The molecule has 6 heteroatoms. The smallest absolute Gasteiger partial charge is 0.248 e. The topological polar surface area (TPSA) is 80.0 Å². The Labute approximate surface area is 130 Å². The first kappa shape index (κ1) is 16.0. The van der Waals surface area contributed by atoms with E-state index in [4.69, 9.17) is 4.52 Å². The number of hydrogen-bond acceptors (Lipinski definition) is 5. The van der Waals surface area contributed by atoms with Crippen LogP contribution in [0.25, 0.3) is 0 Å². The number of benzene rings is 1. The molecule has 1 heterocycles. The Balaban J connectivity index is 2.09. The number of carbonyl (C=O) groups is 1. The number of rotatable bonds is 5. The zero-order valence-electron chi connectivity index (χ0n) is 13.6. The van der Waals surface area contributed by atoms with Gasteiger partial charge >= 0.3 is 0 Å². The third-order valence-corrected chi connectivity index (χ3v) is 3.26. The summed E-state index contributed by atoms with van der Waals surface area (Å²) in [7, 11) is 0. The molecule has 0 radical (unpaired) electrons. The summed E-state index contributed by atoms with van der Waals surface area (Å²) in [5, 5.41) is 10.1. The van der Waals surface area contributed by atoms with E-state index in [1.807, 2.05) is 45.9 Å². The molecule has 0 bridgehead atoms. The molecule has 1 aromatic carbocycles. The van der Waals surface area contributed by atoms with E-state index in [0.717, 1.165) is 16.9 Å². The quantitative estimate of drug-likeness (QED) is 0.881. The standard InChI is InChI=1S/C16H22N4O2/c1-9(2)15-19-16(22-20-15)11(4)17-13-6-7-14(10(3)8-13)18-12(5)21/h6-9,11,17H,1-5H3,(H,18,21)/t11-/m0/s1. The van der Waals surface area contributed by atoms with E-state index in [0.29, 0.717) is 11.7 Å². The van der Waals surface area contributed by atoms with Crippen LogP contribution in [0.15, 0.2) is 22.7 Å². The third kappa shape index (κ3) is 3.84. The fourth-order valence-corrected chi connectivity index (χ4v) is 2.05. The fourth-order valence-electron chi connectivity index (χ4n) is 2.05. The average molecular weight is 302 g/mol. The van der Waals surface area contributed by atoms with Gasteiger partial charge in [-0.15, -0.1) is 0 Å². The first-order valence-corrected chi connectivity index (χ1v) is 7.35. The van der Waals surface area contributed by atoms with Gasteiger partial charge in [0, 0.05) is 24.2 Å². The minimum atomic E-state index is -0.0917. The van der Waals surface area contributed by atoms with Gasteiger partial charge in [-0.1, -0.05) is 19.0 Å². The maximum absolute atomic E-state index is 11.1. The molecule has 6 nitrogen and oxygen atoms in total. The predicted octanol–water partition coefficient (Wildman–Crippen LogP) is 3.63. The second-order valence-electron chi connectivity index (χ2n) is 5.72. The van der Waals surface area contributed by atoms with Gasteiger partial charge in [0.25, 0.3) is 0 Å². The Kier molecular flexibility index (Phi) is 4.80. The molecule has 0 unspecified atom stereocenters. The molecule has 2 rings (SSSR count). The first-order valence-electron chi connectivity index (χ1n) is 7.35. The summed E-state index contributed by atoms with van der Waals surface area (Å²) in [6.45, 7) is 9.46. The van der Waals surface area contributed by atoms with E-state index in [1.54, 1.807) is 0 Å². The zero-order valence-corrected chi connectivity index (χ0v) is 13.6. The highest BCUT2D eigenvalue weighted by molar-refractivity contribution is 5.89. The average Bonchev–Trinajstić information content (AvgIpc) is 2.91. The SMILES string of the molecule is CC(=O)Nc1ccc(N[C@@H](C)c2nc(C(C)C)no2)cc1C. The molecule has 0 fully saturated rings. The van der Waals surface area contributed by atoms with Gasteiger partial charge in [0.2, 0.25) is 11.8 Å². The Bertz CT molecular complexity index is 664. The molecule has 0 saturated heterocycles. The molecular formula is C16H22N4O2. The van der Waals surface area contributed by atoms with E-state index in [-0.39, 0.29) is 17.9 Å². The lowest BCUT2D eigenvalue weighted by Crippen LogP contribution is -2.09. The maximum Gasteiger partial charge on any atom is 0.248 e. The van der Waals surface area contributed by atoms with Gasteiger partial charge in [0.15, 0.2) is 5.82 Å². The fraction of sp³-hybridized carbons (Fsp3) is 0.438. The number of hydrogen-bond donors (Lipinski definition) is 2. The van der Waals surface area contributed by atoms with Crippen LogP contribution in [0.2, 0.25) is 0 Å². The largest absolute Gasteiger partial charge is 0.374 e. The highest BCUT2D eigenvalue weighted by Crippen LogP contribution is 2.24. The van der Waals surface area contributed by atoms with Gasteiger partial charge in [-0.3, -0.25) is 4.79 Å². The van der Waals surface area contributed by atoms with E-state index in [9.17, 15) is 4.79 Å². The summed E-state index contributed by atoms with van der Waals surface area (Å²) in [5.74, 6) is 1.43. The van der Waals surface area contributed by atoms with Crippen molar-refractivity contribution in [1.29, 1.82) is 0 Å². The van der Waals surface area contributed by atoms with Crippen LogP contribution in [0.1, 0.15) is 56.9 Å². The number of anilines is 2. The van der Waals surface area contributed by atoms with Gasteiger partial charge in [-0.05, 0) is 37.6 Å². The normalized spacial score (nSPS) is 12.3. The van der Waals surface area contributed by atoms with Crippen LogP contribution in [0, 0.1) is 6.92 Å². The highest BCUT2D eigenvalue weighted by atomic mass is 16.5. The number of amides is 1. The van der Waals surface area contributed by atoms with Crippen LogP contribution >= 0.6 is 0 Å². The summed E-state index contributed by atoms with van der Waals surface area (Å²) < 4.78 is 5.29. The number of nitrogens with one attached hydrogen (secondary N) is 2. The van der Waals surface area contributed by atoms with Crippen LogP contribution in [0.3, 0.4) is 0 Å². The molecule has 118 valence electrons. The first-order chi connectivity index (χ1) is 10.4. The number of nitrogens with zero attached hydrogens (tertiary/aromatic N) is 2. The van der Waals surface area contributed by atoms with Gasteiger partial charge in [0.1, 0.15) is 6.04 Å². The zero-order chi connectivity index (χ0) is 16.3. The van der Waals surface area contributed by atoms with E-state index < -0.39 is 0 Å². The molecule has 2 aromatic rings. The predicted molar refractivity (Wildman–Crippen MR) is 85.9 cm³/mol. The van der Waals surface area contributed by atoms with Crippen LogP contribution in [-0.4, -0.2) is 16.0 Å². The maximum atomic E-state index is 11.1. The van der Waals surface area contributed by atoms with Crippen molar-refractivity contribution in [3.8, 4) is 0 Å². The van der Waals surface area contributed by atoms with Crippen molar-refractivity contribution < 1.29 is 9.32 Å². The minimum Gasteiger partial charge on any atom is -0.374 e. The monoisotopic (exact) mass is 302 g/mol. The summed E-state index contributed by atoms with van der Waals surface area (Å²) >= 11 is 0.